The molecule has 3 rings (SSSR count). The van der Waals surface area contributed by atoms with E-state index < -0.39 is 5.97 Å². The van der Waals surface area contributed by atoms with E-state index in [2.05, 4.69) is 20.8 Å². The Morgan fingerprint density at radius 3 is 3.00 bits per heavy atom. The van der Waals surface area contributed by atoms with Gasteiger partial charge in [0.2, 0.25) is 0 Å². The van der Waals surface area contributed by atoms with Crippen LogP contribution in [0.5, 0.6) is 0 Å². The molecule has 1 N–H and O–H groups in total. The van der Waals surface area contributed by atoms with E-state index in [0.29, 0.717) is 23.4 Å². The molecule has 0 radical (unpaired) electrons. The van der Waals surface area contributed by atoms with Crippen molar-refractivity contribution < 1.29 is 9.90 Å². The molecule has 2 fully saturated rings. The standard InChI is InChI=1S/C15H17BrClNO2/c16-11-4-5-13(17)10(6-11)8-18-7-9-2-1-3-12(9)14(18)15(19)20/h4-6,9,12,14H,1-3,7-8H2,(H,19,20). The predicted octanol–water partition coefficient (Wildman–Crippen LogP) is 3.79. The van der Waals surface area contributed by atoms with E-state index in [1.54, 1.807) is 0 Å². The van der Waals surface area contributed by atoms with Gasteiger partial charge in [-0.3, -0.25) is 9.69 Å². The highest BCUT2D eigenvalue weighted by Gasteiger charge is 2.47. The Morgan fingerprint density at radius 1 is 1.45 bits per heavy atom. The lowest BCUT2D eigenvalue weighted by Crippen LogP contribution is -2.39. The summed E-state index contributed by atoms with van der Waals surface area (Å²) in [6, 6.07) is 5.39. The van der Waals surface area contributed by atoms with Gasteiger partial charge in [-0.15, -0.1) is 0 Å². The summed E-state index contributed by atoms with van der Waals surface area (Å²) in [6.45, 7) is 1.49. The maximum atomic E-state index is 11.6. The van der Waals surface area contributed by atoms with Crippen molar-refractivity contribution in [1.82, 2.24) is 4.90 Å². The number of carboxylic acid groups (broad SMARTS) is 1. The number of halogens is 2. The monoisotopic (exact) mass is 357 g/mol. The number of nitrogens with zero attached hydrogens (tertiary/aromatic N) is 1. The number of carbonyl (C=O) groups is 1. The summed E-state index contributed by atoms with van der Waals surface area (Å²) in [5.41, 5.74) is 0.993. The lowest BCUT2D eigenvalue weighted by Gasteiger charge is -2.24. The van der Waals surface area contributed by atoms with Crippen molar-refractivity contribution >= 4 is 33.5 Å². The third-order valence-corrected chi connectivity index (χ3v) is 5.48. The summed E-state index contributed by atoms with van der Waals surface area (Å²) in [5, 5.41) is 10.3. The van der Waals surface area contributed by atoms with Crippen LogP contribution in [-0.2, 0) is 11.3 Å². The highest BCUT2D eigenvalue weighted by atomic mass is 79.9. The van der Waals surface area contributed by atoms with Crippen molar-refractivity contribution in [2.45, 2.75) is 31.8 Å². The van der Waals surface area contributed by atoms with Gasteiger partial charge in [0.05, 0.1) is 0 Å². The molecule has 1 saturated carbocycles. The largest absolute Gasteiger partial charge is 0.480 e. The van der Waals surface area contributed by atoms with Gasteiger partial charge in [0.15, 0.2) is 0 Å². The van der Waals surface area contributed by atoms with Crippen molar-refractivity contribution in [3.63, 3.8) is 0 Å². The number of rotatable bonds is 3. The Hall–Kier alpha value is -0.580. The molecular weight excluding hydrogens is 342 g/mol. The van der Waals surface area contributed by atoms with Crippen molar-refractivity contribution in [3.8, 4) is 0 Å². The molecule has 108 valence electrons. The molecule has 20 heavy (non-hydrogen) atoms. The van der Waals surface area contributed by atoms with Crippen molar-refractivity contribution in [2.24, 2.45) is 11.8 Å². The van der Waals surface area contributed by atoms with Gasteiger partial charge >= 0.3 is 5.97 Å². The second kappa shape index (κ2) is 5.66. The van der Waals surface area contributed by atoms with E-state index >= 15 is 0 Å². The number of fused-ring (bicyclic) bond motifs is 1. The lowest BCUT2D eigenvalue weighted by atomic mass is 9.94. The lowest BCUT2D eigenvalue weighted by molar-refractivity contribution is -0.143. The average Bonchev–Trinajstić information content (AvgIpc) is 2.93. The Kier molecular flexibility index (Phi) is 4.07. The van der Waals surface area contributed by atoms with Gasteiger partial charge in [0, 0.05) is 22.6 Å². The van der Waals surface area contributed by atoms with Crippen LogP contribution in [0, 0.1) is 11.8 Å². The second-order valence-electron chi connectivity index (χ2n) is 5.80. The molecule has 1 aliphatic carbocycles. The Labute approximate surface area is 132 Å². The van der Waals surface area contributed by atoms with E-state index in [4.69, 9.17) is 11.6 Å². The minimum absolute atomic E-state index is 0.318. The smallest absolute Gasteiger partial charge is 0.321 e. The van der Waals surface area contributed by atoms with E-state index in [-0.39, 0.29) is 6.04 Å². The molecular formula is C15H17BrClNO2. The van der Waals surface area contributed by atoms with Crippen LogP contribution in [-0.4, -0.2) is 28.6 Å². The highest BCUT2D eigenvalue weighted by molar-refractivity contribution is 9.10. The van der Waals surface area contributed by atoms with Crippen LogP contribution in [0.15, 0.2) is 22.7 Å². The van der Waals surface area contributed by atoms with E-state index in [9.17, 15) is 9.90 Å². The minimum atomic E-state index is -0.689. The van der Waals surface area contributed by atoms with Crippen LogP contribution in [0.25, 0.3) is 0 Å². The zero-order chi connectivity index (χ0) is 14.3. The Morgan fingerprint density at radius 2 is 2.25 bits per heavy atom. The van der Waals surface area contributed by atoms with Crippen LogP contribution in [0.2, 0.25) is 5.02 Å². The molecule has 1 aromatic carbocycles. The summed E-state index contributed by atoms with van der Waals surface area (Å²) < 4.78 is 0.975. The van der Waals surface area contributed by atoms with E-state index in [1.807, 2.05) is 18.2 Å². The number of aliphatic carboxylic acids is 1. The Balaban J connectivity index is 1.82. The third-order valence-electron chi connectivity index (χ3n) is 4.62. The minimum Gasteiger partial charge on any atom is -0.480 e. The first kappa shape index (κ1) is 14.4. The van der Waals surface area contributed by atoms with E-state index in [1.165, 1.54) is 6.42 Å². The molecule has 3 atom stereocenters. The predicted molar refractivity (Wildman–Crippen MR) is 81.8 cm³/mol. The normalized spacial score (nSPS) is 29.6. The average molecular weight is 359 g/mol. The maximum Gasteiger partial charge on any atom is 0.321 e. The molecule has 0 spiro atoms. The van der Waals surface area contributed by atoms with Crippen LogP contribution in [0.3, 0.4) is 0 Å². The third kappa shape index (κ3) is 2.61. The zero-order valence-electron chi connectivity index (χ0n) is 11.1. The fourth-order valence-electron chi connectivity index (χ4n) is 3.78. The molecule has 1 aliphatic heterocycles. The fraction of sp³-hybridized carbons (Fsp3) is 0.533. The number of likely N-dealkylation sites (tertiary alicyclic amines) is 1. The molecule has 2 aliphatic rings. The van der Waals surface area contributed by atoms with Crippen LogP contribution >= 0.6 is 27.5 Å². The molecule has 0 amide bonds. The van der Waals surface area contributed by atoms with Gasteiger partial charge in [0.1, 0.15) is 6.04 Å². The molecule has 3 unspecified atom stereocenters. The number of hydrogen-bond acceptors (Lipinski definition) is 2. The number of hydrogen-bond donors (Lipinski definition) is 1. The topological polar surface area (TPSA) is 40.5 Å². The van der Waals surface area contributed by atoms with Crippen LogP contribution in [0.4, 0.5) is 0 Å². The SMILES string of the molecule is O=C(O)C1C2CCCC2CN1Cc1cc(Br)ccc1Cl. The van der Waals surface area contributed by atoms with Crippen molar-refractivity contribution in [1.29, 1.82) is 0 Å². The molecule has 3 nitrogen and oxygen atoms in total. The summed E-state index contributed by atoms with van der Waals surface area (Å²) in [4.78, 5) is 13.7. The fourth-order valence-corrected chi connectivity index (χ4v) is 4.36. The molecule has 5 heteroatoms. The Bertz CT molecular complexity index is 537. The molecule has 1 heterocycles. The van der Waals surface area contributed by atoms with Gasteiger partial charge in [-0.2, -0.15) is 0 Å². The number of carboxylic acids is 1. The first-order valence-electron chi connectivity index (χ1n) is 6.97. The van der Waals surface area contributed by atoms with Gasteiger partial charge in [-0.25, -0.2) is 0 Å². The molecule has 0 aromatic heterocycles. The van der Waals surface area contributed by atoms with Gasteiger partial charge in [0.25, 0.3) is 0 Å². The van der Waals surface area contributed by atoms with Gasteiger partial charge < -0.3 is 5.11 Å². The quantitative estimate of drug-likeness (QED) is 0.894. The summed E-state index contributed by atoms with van der Waals surface area (Å²) in [7, 11) is 0. The molecule has 1 aromatic rings. The van der Waals surface area contributed by atoms with E-state index in [0.717, 1.165) is 29.4 Å². The first-order chi connectivity index (χ1) is 9.56. The van der Waals surface area contributed by atoms with Crippen LogP contribution < -0.4 is 0 Å². The summed E-state index contributed by atoms with van der Waals surface area (Å²) in [6.07, 6.45) is 3.38. The van der Waals surface area contributed by atoms with Crippen molar-refractivity contribution in [2.75, 3.05) is 6.54 Å². The zero-order valence-corrected chi connectivity index (χ0v) is 13.4. The summed E-state index contributed by atoms with van der Waals surface area (Å²) >= 11 is 9.67. The number of benzene rings is 1. The first-order valence-corrected chi connectivity index (χ1v) is 8.14. The molecule has 1 saturated heterocycles. The summed E-state index contributed by atoms with van der Waals surface area (Å²) in [5.74, 6) is 0.172. The molecule has 0 bridgehead atoms. The maximum absolute atomic E-state index is 11.6. The van der Waals surface area contributed by atoms with Gasteiger partial charge in [-0.1, -0.05) is 34.0 Å². The van der Waals surface area contributed by atoms with Gasteiger partial charge in [-0.05, 0) is 48.4 Å². The highest BCUT2D eigenvalue weighted by Crippen LogP contribution is 2.43. The second-order valence-corrected chi connectivity index (χ2v) is 7.13. The van der Waals surface area contributed by atoms with Crippen molar-refractivity contribution in [3.05, 3.63) is 33.3 Å². The van der Waals surface area contributed by atoms with Crippen LogP contribution in [0.1, 0.15) is 24.8 Å².